The Balaban J connectivity index is 2.56. The van der Waals surface area contributed by atoms with Gasteiger partial charge in [0.15, 0.2) is 0 Å². The Morgan fingerprint density at radius 1 is 1.33 bits per heavy atom. The van der Waals surface area contributed by atoms with Gasteiger partial charge in [-0.2, -0.15) is 0 Å². The van der Waals surface area contributed by atoms with E-state index in [4.69, 9.17) is 0 Å². The molecule has 1 rings (SSSR count). The first-order valence-corrected chi connectivity index (χ1v) is 8.69. The Kier molecular flexibility index (Phi) is 6.28. The maximum Gasteiger partial charge on any atom is 0.0362 e. The summed E-state index contributed by atoms with van der Waals surface area (Å²) < 4.78 is 11.6. The lowest BCUT2D eigenvalue weighted by Crippen LogP contribution is -2.60. The summed E-state index contributed by atoms with van der Waals surface area (Å²) in [4.78, 5) is 2.54. The van der Waals surface area contributed by atoms with Crippen molar-refractivity contribution in [3.63, 3.8) is 0 Å². The summed E-state index contributed by atoms with van der Waals surface area (Å²) in [6.07, 6.45) is 1.17. The smallest absolute Gasteiger partial charge is 0.0362 e. The lowest BCUT2D eigenvalue weighted by molar-refractivity contribution is 0.0892. The van der Waals surface area contributed by atoms with E-state index in [0.29, 0.717) is 17.5 Å². The van der Waals surface area contributed by atoms with Gasteiger partial charge in [0.1, 0.15) is 0 Å². The van der Waals surface area contributed by atoms with Crippen LogP contribution in [0.1, 0.15) is 41.0 Å². The Bertz CT molecular complexity index is 275. The van der Waals surface area contributed by atoms with Crippen LogP contribution in [0.5, 0.6) is 0 Å². The normalized spacial score (nSPS) is 28.3. The van der Waals surface area contributed by atoms with Crippen molar-refractivity contribution < 1.29 is 4.21 Å². The van der Waals surface area contributed by atoms with E-state index in [0.717, 1.165) is 31.1 Å². The van der Waals surface area contributed by atoms with Crippen molar-refractivity contribution in [2.45, 2.75) is 53.1 Å². The maximum atomic E-state index is 11.6. The first kappa shape index (κ1) is 16.1. The zero-order valence-electron chi connectivity index (χ0n) is 12.7. The monoisotopic (exact) mass is 274 g/mol. The van der Waals surface area contributed by atoms with Crippen molar-refractivity contribution in [3.8, 4) is 0 Å². The van der Waals surface area contributed by atoms with E-state index in [1.54, 1.807) is 0 Å². The highest BCUT2D eigenvalue weighted by molar-refractivity contribution is 7.84. The van der Waals surface area contributed by atoms with E-state index in [1.807, 2.05) is 6.92 Å². The van der Waals surface area contributed by atoms with Crippen molar-refractivity contribution in [2.75, 3.05) is 31.1 Å². The molecular formula is C14H30N2OS. The molecule has 1 saturated heterocycles. The lowest BCUT2D eigenvalue weighted by atomic mass is 9.84. The van der Waals surface area contributed by atoms with Gasteiger partial charge in [0.25, 0.3) is 0 Å². The van der Waals surface area contributed by atoms with Gasteiger partial charge in [-0.1, -0.05) is 34.6 Å². The lowest BCUT2D eigenvalue weighted by Gasteiger charge is -2.45. The summed E-state index contributed by atoms with van der Waals surface area (Å²) in [5.74, 6) is 1.61. The molecule has 18 heavy (non-hydrogen) atoms. The number of nitrogens with zero attached hydrogens (tertiary/aromatic N) is 1. The zero-order chi connectivity index (χ0) is 13.8. The van der Waals surface area contributed by atoms with Gasteiger partial charge in [-0.15, -0.1) is 0 Å². The van der Waals surface area contributed by atoms with Gasteiger partial charge >= 0.3 is 0 Å². The predicted molar refractivity (Wildman–Crippen MR) is 80.4 cm³/mol. The third-order valence-electron chi connectivity index (χ3n) is 3.98. The van der Waals surface area contributed by atoms with Crippen LogP contribution in [0.4, 0.5) is 0 Å². The molecule has 108 valence electrons. The van der Waals surface area contributed by atoms with E-state index >= 15 is 0 Å². The maximum absolute atomic E-state index is 11.6. The molecule has 1 aliphatic rings. The van der Waals surface area contributed by atoms with E-state index < -0.39 is 10.8 Å². The van der Waals surface area contributed by atoms with E-state index in [2.05, 4.69) is 37.9 Å². The van der Waals surface area contributed by atoms with Crippen LogP contribution in [-0.4, -0.2) is 52.3 Å². The Hall–Kier alpha value is 0.0700. The topological polar surface area (TPSA) is 32.3 Å². The molecule has 0 aromatic rings. The first-order chi connectivity index (χ1) is 8.38. The molecule has 1 aliphatic heterocycles. The second-order valence-corrected chi connectivity index (χ2v) is 8.18. The van der Waals surface area contributed by atoms with Crippen LogP contribution in [0.3, 0.4) is 0 Å². The molecule has 0 amide bonds. The third kappa shape index (κ3) is 4.63. The molecule has 1 fully saturated rings. The minimum Gasteiger partial charge on any atom is -0.311 e. The quantitative estimate of drug-likeness (QED) is 0.830. The molecular weight excluding hydrogens is 244 g/mol. The fraction of sp³-hybridized carbons (Fsp3) is 1.00. The van der Waals surface area contributed by atoms with Crippen molar-refractivity contribution in [1.29, 1.82) is 0 Å². The van der Waals surface area contributed by atoms with Crippen LogP contribution >= 0.6 is 0 Å². The van der Waals surface area contributed by atoms with E-state index in [9.17, 15) is 4.21 Å². The highest BCUT2D eigenvalue weighted by Crippen LogP contribution is 2.24. The molecule has 3 unspecified atom stereocenters. The highest BCUT2D eigenvalue weighted by atomic mass is 32.2. The Morgan fingerprint density at radius 2 is 2.00 bits per heavy atom. The van der Waals surface area contributed by atoms with Gasteiger partial charge in [-0.25, -0.2) is 0 Å². The Morgan fingerprint density at radius 3 is 2.50 bits per heavy atom. The van der Waals surface area contributed by atoms with Crippen LogP contribution in [0.2, 0.25) is 0 Å². The first-order valence-electron chi connectivity index (χ1n) is 7.20. The average Bonchev–Trinajstić information content (AvgIpc) is 2.34. The summed E-state index contributed by atoms with van der Waals surface area (Å²) in [6.45, 7) is 14.3. The molecule has 0 aromatic heterocycles. The zero-order valence-corrected chi connectivity index (χ0v) is 13.5. The largest absolute Gasteiger partial charge is 0.311 e. The molecule has 3 atom stereocenters. The van der Waals surface area contributed by atoms with Crippen LogP contribution < -0.4 is 5.32 Å². The minimum atomic E-state index is -0.640. The van der Waals surface area contributed by atoms with Gasteiger partial charge in [0, 0.05) is 54.0 Å². The molecule has 0 spiro atoms. The summed E-state index contributed by atoms with van der Waals surface area (Å²) in [7, 11) is -0.640. The molecule has 0 aliphatic carbocycles. The fourth-order valence-electron chi connectivity index (χ4n) is 2.48. The van der Waals surface area contributed by atoms with Crippen molar-refractivity contribution in [2.24, 2.45) is 5.41 Å². The molecule has 1 N–H and O–H groups in total. The van der Waals surface area contributed by atoms with Crippen molar-refractivity contribution >= 4 is 10.8 Å². The number of hydrogen-bond acceptors (Lipinski definition) is 3. The van der Waals surface area contributed by atoms with Gasteiger partial charge in [-0.3, -0.25) is 9.11 Å². The fourth-order valence-corrected chi connectivity index (χ4v) is 3.20. The van der Waals surface area contributed by atoms with Gasteiger partial charge in [0.05, 0.1) is 0 Å². The van der Waals surface area contributed by atoms with Gasteiger partial charge in [0.2, 0.25) is 0 Å². The van der Waals surface area contributed by atoms with Crippen LogP contribution in [0.25, 0.3) is 0 Å². The van der Waals surface area contributed by atoms with Crippen LogP contribution in [-0.2, 0) is 10.8 Å². The second-order valence-electron chi connectivity index (χ2n) is 6.32. The SMILES string of the molecule is CCC1CNC(C(C)(C)C)CN1CCS(=O)CC. The van der Waals surface area contributed by atoms with Gasteiger partial charge < -0.3 is 5.32 Å². The van der Waals surface area contributed by atoms with Gasteiger partial charge in [-0.05, 0) is 11.8 Å². The Labute approximate surface area is 115 Å². The van der Waals surface area contributed by atoms with E-state index in [-0.39, 0.29) is 0 Å². The van der Waals surface area contributed by atoms with Crippen molar-refractivity contribution in [3.05, 3.63) is 0 Å². The summed E-state index contributed by atoms with van der Waals surface area (Å²) in [5.41, 5.74) is 0.293. The molecule has 3 nitrogen and oxygen atoms in total. The van der Waals surface area contributed by atoms with Crippen LogP contribution in [0.15, 0.2) is 0 Å². The molecule has 0 radical (unpaired) electrons. The summed E-state index contributed by atoms with van der Waals surface area (Å²) in [5, 5.41) is 3.67. The standard InChI is InChI=1S/C14H30N2OS/c1-6-12-10-15-13(14(3,4)5)11-16(12)8-9-18(17)7-2/h12-13,15H,6-11H2,1-5H3. The van der Waals surface area contributed by atoms with Crippen molar-refractivity contribution in [1.82, 2.24) is 10.2 Å². The number of nitrogens with one attached hydrogen (secondary N) is 1. The molecule has 0 saturated carbocycles. The molecule has 0 bridgehead atoms. The predicted octanol–water partition coefficient (Wildman–Crippen LogP) is 1.85. The second kappa shape index (κ2) is 7.01. The average molecular weight is 274 g/mol. The summed E-state index contributed by atoms with van der Waals surface area (Å²) in [6, 6.07) is 1.15. The molecule has 0 aromatic carbocycles. The summed E-state index contributed by atoms with van der Waals surface area (Å²) >= 11 is 0. The van der Waals surface area contributed by atoms with E-state index in [1.165, 1.54) is 6.42 Å². The number of rotatable bonds is 5. The van der Waals surface area contributed by atoms with Crippen LogP contribution in [0, 0.1) is 5.41 Å². The molecule has 4 heteroatoms. The number of piperazine rings is 1. The third-order valence-corrected chi connectivity index (χ3v) is 5.26. The number of hydrogen-bond donors (Lipinski definition) is 1. The highest BCUT2D eigenvalue weighted by Gasteiger charge is 2.33. The minimum absolute atomic E-state index is 0.293. The molecule has 1 heterocycles.